The second-order valence-electron chi connectivity index (χ2n) is 6.07. The van der Waals surface area contributed by atoms with Gasteiger partial charge in [-0.3, -0.25) is 9.59 Å². The van der Waals surface area contributed by atoms with Gasteiger partial charge in [0.2, 0.25) is 5.91 Å². The number of halogens is 2. The van der Waals surface area contributed by atoms with Gasteiger partial charge in [0.15, 0.2) is 0 Å². The van der Waals surface area contributed by atoms with E-state index in [1.54, 1.807) is 36.4 Å². The molecular weight excluding hydrogens is 375 g/mol. The molecule has 0 heterocycles. The third kappa shape index (κ3) is 5.22. The van der Waals surface area contributed by atoms with E-state index in [0.717, 1.165) is 12.8 Å². The van der Waals surface area contributed by atoms with Gasteiger partial charge in [0, 0.05) is 33.6 Å². The minimum Gasteiger partial charge on any atom is -0.349 e. The average molecular weight is 393 g/mol. The SMILES string of the molecule is O=C(CSCc1c(F)cccc1Cl)Nc1cccc(C(=O)NC2CC2)c1. The van der Waals surface area contributed by atoms with Crippen LogP contribution in [0.2, 0.25) is 5.02 Å². The van der Waals surface area contributed by atoms with Crippen molar-refractivity contribution in [2.24, 2.45) is 0 Å². The van der Waals surface area contributed by atoms with Crippen LogP contribution in [0.25, 0.3) is 0 Å². The van der Waals surface area contributed by atoms with Crippen LogP contribution in [0.5, 0.6) is 0 Å². The zero-order valence-corrected chi connectivity index (χ0v) is 15.5. The minimum atomic E-state index is -0.375. The van der Waals surface area contributed by atoms with Crippen molar-refractivity contribution in [2.45, 2.75) is 24.6 Å². The summed E-state index contributed by atoms with van der Waals surface area (Å²) in [5, 5.41) is 6.02. The van der Waals surface area contributed by atoms with Gasteiger partial charge >= 0.3 is 0 Å². The summed E-state index contributed by atoms with van der Waals surface area (Å²) in [7, 11) is 0. The van der Waals surface area contributed by atoms with Crippen molar-refractivity contribution >= 4 is 40.9 Å². The third-order valence-corrected chi connectivity index (χ3v) is 5.18. The fourth-order valence-corrected chi connectivity index (χ4v) is 3.51. The first-order valence-electron chi connectivity index (χ1n) is 8.24. The third-order valence-electron chi connectivity index (χ3n) is 3.86. The first kappa shape index (κ1) is 18.7. The van der Waals surface area contributed by atoms with Gasteiger partial charge in [0.25, 0.3) is 5.91 Å². The average Bonchev–Trinajstić information content (AvgIpc) is 3.42. The van der Waals surface area contributed by atoms with Crippen LogP contribution in [0, 0.1) is 5.82 Å². The second kappa shape index (κ2) is 8.56. The molecule has 2 amide bonds. The lowest BCUT2D eigenvalue weighted by Gasteiger charge is -2.09. The lowest BCUT2D eigenvalue weighted by Crippen LogP contribution is -2.25. The molecular formula is C19H18ClFN2O2S. The Morgan fingerprint density at radius 1 is 1.19 bits per heavy atom. The highest BCUT2D eigenvalue weighted by Crippen LogP contribution is 2.24. The van der Waals surface area contributed by atoms with Gasteiger partial charge in [-0.05, 0) is 43.2 Å². The predicted molar refractivity (Wildman–Crippen MR) is 103 cm³/mol. The van der Waals surface area contributed by atoms with Crippen LogP contribution < -0.4 is 10.6 Å². The topological polar surface area (TPSA) is 58.2 Å². The molecule has 0 saturated heterocycles. The summed E-state index contributed by atoms with van der Waals surface area (Å²) in [6.07, 6.45) is 2.04. The summed E-state index contributed by atoms with van der Waals surface area (Å²) in [5.41, 5.74) is 1.47. The zero-order chi connectivity index (χ0) is 18.5. The summed E-state index contributed by atoms with van der Waals surface area (Å²) in [6, 6.07) is 11.6. The van der Waals surface area contributed by atoms with Crippen molar-refractivity contribution < 1.29 is 14.0 Å². The Hall–Kier alpha value is -2.05. The van der Waals surface area contributed by atoms with E-state index in [1.807, 2.05) is 0 Å². The molecule has 1 aliphatic carbocycles. The number of rotatable bonds is 7. The number of carbonyl (C=O) groups is 2. The molecule has 0 aliphatic heterocycles. The Morgan fingerprint density at radius 3 is 2.69 bits per heavy atom. The van der Waals surface area contributed by atoms with E-state index in [9.17, 15) is 14.0 Å². The van der Waals surface area contributed by atoms with E-state index in [2.05, 4.69) is 10.6 Å². The number of hydrogen-bond acceptors (Lipinski definition) is 3. The molecule has 2 aromatic rings. The summed E-state index contributed by atoms with van der Waals surface area (Å²) < 4.78 is 13.7. The van der Waals surface area contributed by atoms with Crippen LogP contribution in [0.3, 0.4) is 0 Å². The quantitative estimate of drug-likeness (QED) is 0.740. The molecule has 2 aromatic carbocycles. The molecule has 0 spiro atoms. The van der Waals surface area contributed by atoms with Crippen molar-refractivity contribution in [3.05, 3.63) is 64.4 Å². The van der Waals surface area contributed by atoms with E-state index in [0.29, 0.717) is 27.6 Å². The van der Waals surface area contributed by atoms with Gasteiger partial charge in [0.05, 0.1) is 5.75 Å². The fourth-order valence-electron chi connectivity index (χ4n) is 2.35. The van der Waals surface area contributed by atoms with Crippen LogP contribution in [-0.4, -0.2) is 23.6 Å². The molecule has 3 rings (SSSR count). The van der Waals surface area contributed by atoms with E-state index < -0.39 is 0 Å². The molecule has 0 radical (unpaired) electrons. The molecule has 0 unspecified atom stereocenters. The highest BCUT2D eigenvalue weighted by atomic mass is 35.5. The molecule has 4 nitrogen and oxygen atoms in total. The van der Waals surface area contributed by atoms with Crippen molar-refractivity contribution in [2.75, 3.05) is 11.1 Å². The van der Waals surface area contributed by atoms with Crippen LogP contribution >= 0.6 is 23.4 Å². The molecule has 0 aromatic heterocycles. The molecule has 136 valence electrons. The van der Waals surface area contributed by atoms with Gasteiger partial charge in [-0.2, -0.15) is 0 Å². The molecule has 0 bridgehead atoms. The van der Waals surface area contributed by atoms with E-state index in [-0.39, 0.29) is 29.4 Å². The Bertz CT molecular complexity index is 807. The molecule has 26 heavy (non-hydrogen) atoms. The molecule has 1 saturated carbocycles. The normalized spacial score (nSPS) is 13.3. The second-order valence-corrected chi connectivity index (χ2v) is 7.46. The summed E-state index contributed by atoms with van der Waals surface area (Å²) in [5.74, 6) is -0.263. The van der Waals surface area contributed by atoms with Crippen molar-refractivity contribution in [1.29, 1.82) is 0 Å². The van der Waals surface area contributed by atoms with Crippen molar-refractivity contribution in [3.63, 3.8) is 0 Å². The van der Waals surface area contributed by atoms with Gasteiger partial charge < -0.3 is 10.6 Å². The van der Waals surface area contributed by atoms with Crippen LogP contribution in [-0.2, 0) is 10.5 Å². The molecule has 1 fully saturated rings. The van der Waals surface area contributed by atoms with E-state index >= 15 is 0 Å². The maximum Gasteiger partial charge on any atom is 0.251 e. The minimum absolute atomic E-state index is 0.132. The van der Waals surface area contributed by atoms with Crippen LogP contribution in [0.4, 0.5) is 10.1 Å². The molecule has 7 heteroatoms. The maximum absolute atomic E-state index is 13.7. The van der Waals surface area contributed by atoms with Crippen LogP contribution in [0.1, 0.15) is 28.8 Å². The monoisotopic (exact) mass is 392 g/mol. The number of benzene rings is 2. The van der Waals surface area contributed by atoms with Crippen molar-refractivity contribution in [1.82, 2.24) is 5.32 Å². The Kier molecular flexibility index (Phi) is 6.16. The van der Waals surface area contributed by atoms with Gasteiger partial charge in [-0.15, -0.1) is 11.8 Å². The number of hydrogen-bond donors (Lipinski definition) is 2. The number of amides is 2. The summed E-state index contributed by atoms with van der Waals surface area (Å²) >= 11 is 7.24. The first-order chi connectivity index (χ1) is 12.5. The lowest BCUT2D eigenvalue weighted by atomic mass is 10.2. The highest BCUT2D eigenvalue weighted by molar-refractivity contribution is 7.99. The highest BCUT2D eigenvalue weighted by Gasteiger charge is 2.23. The van der Waals surface area contributed by atoms with Crippen molar-refractivity contribution in [3.8, 4) is 0 Å². The number of carbonyl (C=O) groups excluding carboxylic acids is 2. The van der Waals surface area contributed by atoms with Crippen LogP contribution in [0.15, 0.2) is 42.5 Å². The van der Waals surface area contributed by atoms with E-state index in [4.69, 9.17) is 11.6 Å². The Balaban J connectivity index is 1.51. The Morgan fingerprint density at radius 2 is 1.96 bits per heavy atom. The Labute approximate surface area is 160 Å². The molecule has 1 aliphatic rings. The number of nitrogens with one attached hydrogen (secondary N) is 2. The number of anilines is 1. The molecule has 2 N–H and O–H groups in total. The smallest absolute Gasteiger partial charge is 0.251 e. The zero-order valence-electron chi connectivity index (χ0n) is 13.9. The number of thioether (sulfide) groups is 1. The maximum atomic E-state index is 13.7. The van der Waals surface area contributed by atoms with Gasteiger partial charge in [-0.1, -0.05) is 23.7 Å². The summed E-state index contributed by atoms with van der Waals surface area (Å²) in [6.45, 7) is 0. The predicted octanol–water partition coefficient (Wildman–Crippen LogP) is 4.24. The van der Waals surface area contributed by atoms with Gasteiger partial charge in [0.1, 0.15) is 5.82 Å². The molecule has 0 atom stereocenters. The summed E-state index contributed by atoms with van der Waals surface area (Å²) in [4.78, 5) is 24.1. The van der Waals surface area contributed by atoms with Gasteiger partial charge in [-0.25, -0.2) is 4.39 Å². The largest absolute Gasteiger partial charge is 0.349 e. The van der Waals surface area contributed by atoms with E-state index in [1.165, 1.54) is 17.8 Å². The fraction of sp³-hybridized carbons (Fsp3) is 0.263. The first-order valence-corrected chi connectivity index (χ1v) is 9.77. The standard InChI is InChI=1S/C19H18ClFN2O2S/c20-16-5-2-6-17(21)15(16)10-26-11-18(24)22-14-4-1-3-12(9-14)19(25)23-13-7-8-13/h1-6,9,13H,7-8,10-11H2,(H,22,24)(H,23,25). The lowest BCUT2D eigenvalue weighted by molar-refractivity contribution is -0.113.